The molecule has 1 saturated heterocycles. The van der Waals surface area contributed by atoms with Crippen molar-refractivity contribution < 1.29 is 9.53 Å². The highest BCUT2D eigenvalue weighted by Crippen LogP contribution is 2.30. The lowest BCUT2D eigenvalue weighted by Crippen LogP contribution is -2.39. The molecule has 1 amide bonds. The number of nitrogens with two attached hydrogens (primary N) is 1. The van der Waals surface area contributed by atoms with E-state index in [0.29, 0.717) is 18.9 Å². The number of ether oxygens (including phenoxy) is 1. The summed E-state index contributed by atoms with van der Waals surface area (Å²) in [6, 6.07) is 10.4. The number of nitrogens with one attached hydrogen (secondary N) is 1. The van der Waals surface area contributed by atoms with E-state index in [9.17, 15) is 4.79 Å². The molecule has 2 aliphatic rings. The van der Waals surface area contributed by atoms with Crippen molar-refractivity contribution in [1.29, 1.82) is 0 Å². The van der Waals surface area contributed by atoms with Crippen LogP contribution in [0.25, 0.3) is 0 Å². The van der Waals surface area contributed by atoms with Gasteiger partial charge in [0, 0.05) is 19.1 Å². The number of benzene rings is 1. The second-order valence-corrected chi connectivity index (χ2v) is 6.22. The minimum Gasteiger partial charge on any atom is -0.371 e. The van der Waals surface area contributed by atoms with Crippen LogP contribution in [0, 0.1) is 5.92 Å². The van der Waals surface area contributed by atoms with Crippen LogP contribution in [-0.2, 0) is 9.53 Å². The zero-order chi connectivity index (χ0) is 14.7. The molecule has 22 heavy (non-hydrogen) atoms. The van der Waals surface area contributed by atoms with Crippen molar-refractivity contribution in [2.24, 2.45) is 11.7 Å². The first-order valence-electron chi connectivity index (χ1n) is 7.95. The quantitative estimate of drug-likeness (QED) is 0.894. The van der Waals surface area contributed by atoms with Gasteiger partial charge in [-0.25, -0.2) is 0 Å². The van der Waals surface area contributed by atoms with E-state index < -0.39 is 0 Å². The summed E-state index contributed by atoms with van der Waals surface area (Å²) in [6.45, 7) is 0.702. The van der Waals surface area contributed by atoms with Gasteiger partial charge >= 0.3 is 0 Å². The van der Waals surface area contributed by atoms with Gasteiger partial charge in [0.15, 0.2) is 0 Å². The van der Waals surface area contributed by atoms with Gasteiger partial charge in [-0.05, 0) is 30.7 Å². The second-order valence-electron chi connectivity index (χ2n) is 6.22. The van der Waals surface area contributed by atoms with Gasteiger partial charge in [0.2, 0.25) is 5.91 Å². The van der Waals surface area contributed by atoms with Crippen molar-refractivity contribution in [1.82, 2.24) is 5.32 Å². The van der Waals surface area contributed by atoms with E-state index in [1.165, 1.54) is 0 Å². The Morgan fingerprint density at radius 2 is 2.00 bits per heavy atom. The van der Waals surface area contributed by atoms with E-state index in [1.54, 1.807) is 0 Å². The molecule has 0 aromatic heterocycles. The van der Waals surface area contributed by atoms with Gasteiger partial charge in [0.1, 0.15) is 6.10 Å². The maximum atomic E-state index is 12.3. The lowest BCUT2D eigenvalue weighted by molar-refractivity contribution is -0.123. The van der Waals surface area contributed by atoms with E-state index in [4.69, 9.17) is 10.5 Å². The smallest absolute Gasteiger partial charge is 0.220 e. The van der Waals surface area contributed by atoms with E-state index in [1.807, 2.05) is 18.2 Å². The van der Waals surface area contributed by atoms with Crippen molar-refractivity contribution >= 4 is 18.3 Å². The summed E-state index contributed by atoms with van der Waals surface area (Å²) in [5, 5.41) is 3.16. The van der Waals surface area contributed by atoms with E-state index >= 15 is 0 Å². The minimum atomic E-state index is -0.0209. The fourth-order valence-corrected chi connectivity index (χ4v) is 3.53. The Labute approximate surface area is 138 Å². The Kier molecular flexibility index (Phi) is 6.24. The molecule has 1 aromatic rings. The molecule has 2 unspecified atom stereocenters. The molecular formula is C17H25ClN2O2. The molecule has 0 bridgehead atoms. The third kappa shape index (κ3) is 4.00. The van der Waals surface area contributed by atoms with Gasteiger partial charge in [0.25, 0.3) is 0 Å². The van der Waals surface area contributed by atoms with Gasteiger partial charge in [-0.3, -0.25) is 4.79 Å². The summed E-state index contributed by atoms with van der Waals surface area (Å²) < 4.78 is 5.80. The van der Waals surface area contributed by atoms with Crippen LogP contribution in [0.4, 0.5) is 0 Å². The van der Waals surface area contributed by atoms with Crippen LogP contribution in [0.2, 0.25) is 0 Å². The van der Waals surface area contributed by atoms with Crippen LogP contribution < -0.4 is 11.1 Å². The molecule has 4 nitrogen and oxygen atoms in total. The molecular weight excluding hydrogens is 300 g/mol. The van der Waals surface area contributed by atoms with Crippen molar-refractivity contribution in [2.75, 3.05) is 6.61 Å². The number of rotatable bonds is 4. The van der Waals surface area contributed by atoms with Crippen molar-refractivity contribution in [3.8, 4) is 0 Å². The maximum absolute atomic E-state index is 12.3. The first kappa shape index (κ1) is 17.3. The molecule has 1 aliphatic heterocycles. The highest BCUT2D eigenvalue weighted by Gasteiger charge is 2.32. The molecule has 3 N–H and O–H groups in total. The van der Waals surface area contributed by atoms with Gasteiger partial charge in [-0.2, -0.15) is 0 Å². The predicted octanol–water partition coefficient (Wildman–Crippen LogP) is 2.57. The van der Waals surface area contributed by atoms with E-state index in [2.05, 4.69) is 17.4 Å². The Hall–Kier alpha value is -1.10. The largest absolute Gasteiger partial charge is 0.371 e. The topological polar surface area (TPSA) is 64.4 Å². The SMILES string of the molecule is Cl.N[C@@H]1CCC[C@H]1CC(=O)NC1CCOC1c1ccccc1. The molecule has 0 spiro atoms. The lowest BCUT2D eigenvalue weighted by atomic mass is 9.98. The Morgan fingerprint density at radius 3 is 2.68 bits per heavy atom. The van der Waals surface area contributed by atoms with Crippen molar-refractivity contribution in [2.45, 2.75) is 50.3 Å². The van der Waals surface area contributed by atoms with Gasteiger partial charge in [-0.1, -0.05) is 36.8 Å². The zero-order valence-electron chi connectivity index (χ0n) is 12.7. The molecule has 5 heteroatoms. The monoisotopic (exact) mass is 324 g/mol. The summed E-state index contributed by atoms with van der Waals surface area (Å²) in [5.41, 5.74) is 7.19. The van der Waals surface area contributed by atoms with Crippen LogP contribution in [0.3, 0.4) is 0 Å². The van der Waals surface area contributed by atoms with Gasteiger partial charge in [0.05, 0.1) is 6.04 Å². The third-order valence-corrected chi connectivity index (χ3v) is 4.73. The number of amides is 1. The molecule has 2 fully saturated rings. The molecule has 1 saturated carbocycles. The fraction of sp³-hybridized carbons (Fsp3) is 0.588. The van der Waals surface area contributed by atoms with Gasteiger partial charge < -0.3 is 15.8 Å². The average molecular weight is 325 g/mol. The van der Waals surface area contributed by atoms with Crippen LogP contribution in [-0.4, -0.2) is 24.6 Å². The number of carbonyl (C=O) groups is 1. The highest BCUT2D eigenvalue weighted by atomic mass is 35.5. The zero-order valence-corrected chi connectivity index (χ0v) is 13.6. The first-order chi connectivity index (χ1) is 10.2. The number of carbonyl (C=O) groups excluding carboxylic acids is 1. The Morgan fingerprint density at radius 1 is 1.23 bits per heavy atom. The van der Waals surface area contributed by atoms with Crippen LogP contribution >= 0.6 is 12.4 Å². The van der Waals surface area contributed by atoms with E-state index in [0.717, 1.165) is 31.2 Å². The molecule has 4 atom stereocenters. The van der Waals surface area contributed by atoms with Crippen LogP contribution in [0.15, 0.2) is 30.3 Å². The summed E-state index contributed by atoms with van der Waals surface area (Å²) in [7, 11) is 0. The molecule has 122 valence electrons. The summed E-state index contributed by atoms with van der Waals surface area (Å²) in [4.78, 5) is 12.3. The lowest BCUT2D eigenvalue weighted by Gasteiger charge is -2.22. The second kappa shape index (κ2) is 7.95. The Bertz CT molecular complexity index is 483. The predicted molar refractivity (Wildman–Crippen MR) is 88.9 cm³/mol. The van der Waals surface area contributed by atoms with Crippen molar-refractivity contribution in [3.05, 3.63) is 35.9 Å². The minimum absolute atomic E-state index is 0. The molecule has 1 heterocycles. The standard InChI is InChI=1S/C17H24N2O2.ClH/c18-14-8-4-7-13(14)11-16(20)19-15-9-10-21-17(15)12-5-2-1-3-6-12;/h1-3,5-6,13-15,17H,4,7-11,18H2,(H,19,20);1H/t13-,14+,15?,17?;/m0./s1. The number of hydrogen-bond acceptors (Lipinski definition) is 3. The van der Waals surface area contributed by atoms with Crippen molar-refractivity contribution in [3.63, 3.8) is 0 Å². The fourth-order valence-electron chi connectivity index (χ4n) is 3.53. The van der Waals surface area contributed by atoms with Gasteiger partial charge in [-0.15, -0.1) is 12.4 Å². The molecule has 0 radical (unpaired) electrons. The number of halogens is 1. The molecule has 1 aliphatic carbocycles. The molecule has 3 rings (SSSR count). The summed E-state index contributed by atoms with van der Waals surface area (Å²) in [6.07, 6.45) is 4.70. The highest BCUT2D eigenvalue weighted by molar-refractivity contribution is 5.85. The first-order valence-corrected chi connectivity index (χ1v) is 7.95. The van der Waals surface area contributed by atoms with Crippen LogP contribution in [0.1, 0.15) is 43.8 Å². The maximum Gasteiger partial charge on any atom is 0.220 e. The summed E-state index contributed by atoms with van der Waals surface area (Å²) >= 11 is 0. The Balaban J connectivity index is 0.00000176. The number of hydrogen-bond donors (Lipinski definition) is 2. The average Bonchev–Trinajstić information content (AvgIpc) is 3.10. The third-order valence-electron chi connectivity index (χ3n) is 4.73. The molecule has 1 aromatic carbocycles. The normalized spacial score (nSPS) is 30.8. The summed E-state index contributed by atoms with van der Waals surface area (Å²) in [5.74, 6) is 0.469. The van der Waals surface area contributed by atoms with Crippen LogP contribution in [0.5, 0.6) is 0 Å². The van der Waals surface area contributed by atoms with E-state index in [-0.39, 0.29) is 36.5 Å².